The van der Waals surface area contributed by atoms with Gasteiger partial charge in [-0.2, -0.15) is 13.2 Å². The van der Waals surface area contributed by atoms with Crippen LogP contribution in [0, 0.1) is 5.92 Å². The van der Waals surface area contributed by atoms with E-state index < -0.39 is 12.1 Å². The minimum Gasteiger partial charge on any atom is -0.483 e. The summed E-state index contributed by atoms with van der Waals surface area (Å²) >= 11 is 0. The molecule has 17 heavy (non-hydrogen) atoms. The molecule has 0 spiro atoms. The molecule has 0 saturated heterocycles. The highest BCUT2D eigenvalue weighted by Crippen LogP contribution is 2.33. The number of hydrogen-bond donors (Lipinski definition) is 2. The Labute approximate surface area is 97.8 Å². The van der Waals surface area contributed by atoms with E-state index >= 15 is 0 Å². The predicted molar refractivity (Wildman–Crippen MR) is 58.3 cm³/mol. The lowest BCUT2D eigenvalue weighted by atomic mass is 9.93. The lowest BCUT2D eigenvalue weighted by Crippen LogP contribution is -2.22. The van der Waals surface area contributed by atoms with Crippen LogP contribution >= 0.6 is 0 Å². The molecule has 0 aromatic carbocycles. The summed E-state index contributed by atoms with van der Waals surface area (Å²) in [6.45, 7) is 1.59. The Bertz CT molecular complexity index is 296. The van der Waals surface area contributed by atoms with E-state index in [0.717, 1.165) is 5.57 Å². The molecule has 0 heterocycles. The van der Waals surface area contributed by atoms with Crippen molar-refractivity contribution in [3.05, 3.63) is 23.8 Å². The third-order valence-electron chi connectivity index (χ3n) is 2.15. The van der Waals surface area contributed by atoms with E-state index in [4.69, 9.17) is 15.6 Å². The van der Waals surface area contributed by atoms with Gasteiger partial charge in [-0.05, 0) is 19.8 Å². The normalized spacial score (nSPS) is 21.0. The van der Waals surface area contributed by atoms with Gasteiger partial charge in [0.25, 0.3) is 6.47 Å². The predicted octanol–water partition coefficient (Wildman–Crippen LogP) is 2.49. The lowest BCUT2D eigenvalue weighted by molar-refractivity contribution is -0.160. The third-order valence-corrected chi connectivity index (χ3v) is 2.15. The number of allylic oxidation sites excluding steroid dienone is 3. The number of carboxylic acid groups (broad SMARTS) is 1. The van der Waals surface area contributed by atoms with Gasteiger partial charge in [-0.1, -0.05) is 23.8 Å². The van der Waals surface area contributed by atoms with Crippen molar-refractivity contribution in [2.45, 2.75) is 32.0 Å². The first-order valence-electron chi connectivity index (χ1n) is 5.08. The van der Waals surface area contributed by atoms with E-state index in [1.54, 1.807) is 6.08 Å². The van der Waals surface area contributed by atoms with E-state index in [9.17, 15) is 13.2 Å². The van der Waals surface area contributed by atoms with Gasteiger partial charge in [0.05, 0.1) is 5.92 Å². The van der Waals surface area contributed by atoms with Crippen LogP contribution in [0.4, 0.5) is 13.2 Å². The number of hydrogen-bond acceptors (Lipinski definition) is 2. The van der Waals surface area contributed by atoms with Gasteiger partial charge in [0, 0.05) is 6.04 Å². The van der Waals surface area contributed by atoms with Crippen molar-refractivity contribution in [1.82, 2.24) is 0 Å². The second-order valence-electron chi connectivity index (χ2n) is 3.81. The van der Waals surface area contributed by atoms with Crippen LogP contribution in [0.1, 0.15) is 19.8 Å². The SMILES string of the molecule is CC(N)CC1=CCC(C(F)(F)F)C=C1.O=CO. The van der Waals surface area contributed by atoms with Gasteiger partial charge < -0.3 is 10.8 Å². The summed E-state index contributed by atoms with van der Waals surface area (Å²) in [5.41, 5.74) is 6.45. The maximum atomic E-state index is 12.2. The second-order valence-corrected chi connectivity index (χ2v) is 3.81. The Kier molecular flexibility index (Phi) is 6.57. The Morgan fingerprint density at radius 2 is 2.18 bits per heavy atom. The monoisotopic (exact) mass is 251 g/mol. The topological polar surface area (TPSA) is 63.3 Å². The van der Waals surface area contributed by atoms with Gasteiger partial charge in [-0.15, -0.1) is 0 Å². The Morgan fingerprint density at radius 1 is 1.65 bits per heavy atom. The summed E-state index contributed by atoms with van der Waals surface area (Å²) in [6.07, 6.45) is 0.945. The number of halogens is 3. The molecule has 3 nitrogen and oxygen atoms in total. The molecule has 0 saturated carbocycles. The van der Waals surface area contributed by atoms with Crippen LogP contribution in [0.2, 0.25) is 0 Å². The van der Waals surface area contributed by atoms with Crippen LogP contribution in [-0.4, -0.2) is 23.8 Å². The summed E-state index contributed by atoms with van der Waals surface area (Å²) in [5, 5.41) is 6.89. The van der Waals surface area contributed by atoms with Gasteiger partial charge in [-0.3, -0.25) is 4.79 Å². The first-order chi connectivity index (χ1) is 7.81. The molecule has 2 atom stereocenters. The Balaban J connectivity index is 0.000000770. The molecule has 0 aromatic rings. The second kappa shape index (κ2) is 7.11. The van der Waals surface area contributed by atoms with E-state index in [1.165, 1.54) is 12.2 Å². The van der Waals surface area contributed by atoms with Crippen LogP contribution in [0.3, 0.4) is 0 Å². The largest absolute Gasteiger partial charge is 0.483 e. The fourth-order valence-corrected chi connectivity index (χ4v) is 1.43. The first-order valence-corrected chi connectivity index (χ1v) is 5.08. The lowest BCUT2D eigenvalue weighted by Gasteiger charge is -2.19. The highest BCUT2D eigenvalue weighted by atomic mass is 19.4. The summed E-state index contributed by atoms with van der Waals surface area (Å²) in [4.78, 5) is 8.36. The van der Waals surface area contributed by atoms with Crippen LogP contribution in [0.5, 0.6) is 0 Å². The molecule has 0 amide bonds. The Morgan fingerprint density at radius 3 is 2.47 bits per heavy atom. The zero-order chi connectivity index (χ0) is 13.5. The van der Waals surface area contributed by atoms with Crippen LogP contribution in [0.25, 0.3) is 0 Å². The van der Waals surface area contributed by atoms with E-state index in [1.807, 2.05) is 6.92 Å². The van der Waals surface area contributed by atoms with Gasteiger partial charge in [0.2, 0.25) is 0 Å². The molecular weight excluding hydrogens is 235 g/mol. The van der Waals surface area contributed by atoms with Crippen LogP contribution in [-0.2, 0) is 4.79 Å². The summed E-state index contributed by atoms with van der Waals surface area (Å²) in [6, 6.07) is -0.00617. The average Bonchev–Trinajstić information content (AvgIpc) is 2.17. The first kappa shape index (κ1) is 15.7. The average molecular weight is 251 g/mol. The molecule has 1 rings (SSSR count). The molecule has 0 aliphatic heterocycles. The molecule has 1 aliphatic rings. The number of nitrogens with two attached hydrogens (primary N) is 1. The summed E-state index contributed by atoms with van der Waals surface area (Å²) in [5.74, 6) is -1.32. The van der Waals surface area contributed by atoms with E-state index in [0.29, 0.717) is 6.42 Å². The molecule has 6 heteroatoms. The third kappa shape index (κ3) is 6.78. The van der Waals surface area contributed by atoms with Gasteiger partial charge in [0.15, 0.2) is 0 Å². The molecule has 0 bridgehead atoms. The molecule has 3 N–H and O–H groups in total. The highest BCUT2D eigenvalue weighted by molar-refractivity contribution is 5.32. The standard InChI is InChI=1S/C10H14F3N.CH2O2/c1-7(14)6-8-2-4-9(5-3-8)10(11,12)13;2-1-3/h2-4,7,9H,5-6,14H2,1H3;1H,(H,2,3). The van der Waals surface area contributed by atoms with E-state index in [2.05, 4.69) is 0 Å². The molecule has 98 valence electrons. The molecule has 0 radical (unpaired) electrons. The maximum Gasteiger partial charge on any atom is 0.395 e. The fraction of sp³-hybridized carbons (Fsp3) is 0.545. The minimum absolute atomic E-state index is 0.00617. The van der Waals surface area contributed by atoms with Crippen LogP contribution < -0.4 is 5.73 Å². The number of rotatable bonds is 2. The van der Waals surface area contributed by atoms with Gasteiger partial charge in [-0.25, -0.2) is 0 Å². The maximum absolute atomic E-state index is 12.2. The van der Waals surface area contributed by atoms with Crippen molar-refractivity contribution in [3.63, 3.8) is 0 Å². The van der Waals surface area contributed by atoms with Crippen molar-refractivity contribution in [1.29, 1.82) is 0 Å². The van der Waals surface area contributed by atoms with Gasteiger partial charge >= 0.3 is 6.18 Å². The van der Waals surface area contributed by atoms with Crippen molar-refractivity contribution < 1.29 is 23.1 Å². The van der Waals surface area contributed by atoms with Crippen molar-refractivity contribution in [2.75, 3.05) is 0 Å². The minimum atomic E-state index is -4.12. The van der Waals surface area contributed by atoms with Gasteiger partial charge in [0.1, 0.15) is 0 Å². The number of alkyl halides is 3. The molecule has 1 aliphatic carbocycles. The van der Waals surface area contributed by atoms with Crippen molar-refractivity contribution >= 4 is 6.47 Å². The zero-order valence-electron chi connectivity index (χ0n) is 9.45. The molecule has 2 unspecified atom stereocenters. The number of carbonyl (C=O) groups is 1. The zero-order valence-corrected chi connectivity index (χ0v) is 9.45. The fourth-order valence-electron chi connectivity index (χ4n) is 1.43. The summed E-state index contributed by atoms with van der Waals surface area (Å²) < 4.78 is 36.7. The Hall–Kier alpha value is -1.30. The molecule has 0 fully saturated rings. The van der Waals surface area contributed by atoms with Crippen LogP contribution in [0.15, 0.2) is 23.8 Å². The quantitative estimate of drug-likeness (QED) is 0.741. The van der Waals surface area contributed by atoms with E-state index in [-0.39, 0.29) is 18.9 Å². The smallest absolute Gasteiger partial charge is 0.395 e. The summed E-state index contributed by atoms with van der Waals surface area (Å²) in [7, 11) is 0. The van der Waals surface area contributed by atoms with Crippen molar-refractivity contribution in [2.24, 2.45) is 11.7 Å². The molecular formula is C11H16F3NO2. The highest BCUT2D eigenvalue weighted by Gasteiger charge is 2.37. The van der Waals surface area contributed by atoms with Crippen molar-refractivity contribution in [3.8, 4) is 0 Å². The molecule has 0 aromatic heterocycles.